The fourth-order valence-electron chi connectivity index (χ4n) is 2.50. The Morgan fingerprint density at radius 1 is 1.00 bits per heavy atom. The standard InChI is InChI=1S/C20H19ClN2O4S/c1-15-12-18(26-11-10-23-8-6-17(22)7-9-23)14-19(13-15)27-28(24,25)20-4-2-16(21)3-5-20/h2-9,12-14,22H,10-11H2,1H3. The normalized spacial score (nSPS) is 11.2. The van der Waals surface area contributed by atoms with E-state index in [1.54, 1.807) is 36.7 Å². The topological polar surface area (TPSA) is 81.4 Å². The first-order valence-electron chi connectivity index (χ1n) is 8.47. The highest BCUT2D eigenvalue weighted by Crippen LogP contribution is 2.26. The lowest BCUT2D eigenvalue weighted by Gasteiger charge is -2.12. The average Bonchev–Trinajstić information content (AvgIpc) is 2.63. The number of pyridine rings is 1. The number of nitrogens with zero attached hydrogens (tertiary/aromatic N) is 1. The van der Waals surface area contributed by atoms with Crippen LogP contribution in [0.1, 0.15) is 5.56 Å². The van der Waals surface area contributed by atoms with Gasteiger partial charge in [0.25, 0.3) is 0 Å². The van der Waals surface area contributed by atoms with E-state index in [0.29, 0.717) is 29.3 Å². The van der Waals surface area contributed by atoms with Crippen molar-refractivity contribution >= 4 is 21.7 Å². The van der Waals surface area contributed by atoms with Crippen LogP contribution in [0, 0.1) is 12.3 Å². The van der Waals surface area contributed by atoms with Crippen LogP contribution in [0.25, 0.3) is 0 Å². The number of ether oxygens (including phenoxy) is 1. The quantitative estimate of drug-likeness (QED) is 0.592. The first kappa shape index (κ1) is 20.0. The van der Waals surface area contributed by atoms with Crippen LogP contribution < -0.4 is 14.3 Å². The van der Waals surface area contributed by atoms with Crippen molar-refractivity contribution in [2.45, 2.75) is 18.4 Å². The van der Waals surface area contributed by atoms with Crippen LogP contribution in [-0.4, -0.2) is 19.6 Å². The fourth-order valence-corrected chi connectivity index (χ4v) is 3.54. The molecule has 0 atom stereocenters. The van der Waals surface area contributed by atoms with Crippen molar-refractivity contribution in [2.75, 3.05) is 6.61 Å². The van der Waals surface area contributed by atoms with Crippen molar-refractivity contribution in [1.82, 2.24) is 4.57 Å². The summed E-state index contributed by atoms with van der Waals surface area (Å²) in [6.45, 7) is 2.80. The molecule has 3 rings (SSSR count). The maximum atomic E-state index is 12.4. The summed E-state index contributed by atoms with van der Waals surface area (Å²) in [6, 6.07) is 14.1. The molecule has 28 heavy (non-hydrogen) atoms. The summed E-state index contributed by atoms with van der Waals surface area (Å²) in [6.07, 6.45) is 3.60. The van der Waals surface area contributed by atoms with E-state index in [4.69, 9.17) is 25.9 Å². The molecule has 1 N–H and O–H groups in total. The minimum Gasteiger partial charge on any atom is -0.492 e. The molecular formula is C20H19ClN2O4S. The van der Waals surface area contributed by atoms with E-state index < -0.39 is 10.1 Å². The highest BCUT2D eigenvalue weighted by molar-refractivity contribution is 7.87. The molecule has 0 bridgehead atoms. The van der Waals surface area contributed by atoms with Gasteiger partial charge in [-0.1, -0.05) is 11.6 Å². The number of hydrogen-bond donors (Lipinski definition) is 1. The predicted molar refractivity (Wildman–Crippen MR) is 106 cm³/mol. The monoisotopic (exact) mass is 418 g/mol. The third kappa shape index (κ3) is 5.37. The van der Waals surface area contributed by atoms with Gasteiger partial charge >= 0.3 is 10.1 Å². The number of rotatable bonds is 7. The second kappa shape index (κ2) is 8.50. The molecule has 0 aliphatic heterocycles. The van der Waals surface area contributed by atoms with Gasteiger partial charge in [-0.05, 0) is 61.0 Å². The smallest absolute Gasteiger partial charge is 0.339 e. The van der Waals surface area contributed by atoms with Crippen molar-refractivity contribution in [2.24, 2.45) is 0 Å². The SMILES string of the molecule is Cc1cc(OCCn2ccc(=N)cc2)cc(OS(=O)(=O)c2ccc(Cl)cc2)c1. The summed E-state index contributed by atoms with van der Waals surface area (Å²) < 4.78 is 37.8. The zero-order chi connectivity index (χ0) is 20.1. The Morgan fingerprint density at radius 3 is 2.32 bits per heavy atom. The van der Waals surface area contributed by atoms with E-state index in [1.165, 1.54) is 30.3 Å². The van der Waals surface area contributed by atoms with Gasteiger partial charge in [0.2, 0.25) is 0 Å². The van der Waals surface area contributed by atoms with Crippen LogP contribution in [0.4, 0.5) is 0 Å². The average molecular weight is 419 g/mol. The Morgan fingerprint density at radius 2 is 1.64 bits per heavy atom. The summed E-state index contributed by atoms with van der Waals surface area (Å²) in [4.78, 5) is 0.0233. The first-order valence-corrected chi connectivity index (χ1v) is 10.3. The lowest BCUT2D eigenvalue weighted by atomic mass is 10.2. The number of benzene rings is 2. The lowest BCUT2D eigenvalue weighted by Crippen LogP contribution is -2.11. The predicted octanol–water partition coefficient (Wildman–Crippen LogP) is 3.78. The molecule has 0 aliphatic rings. The zero-order valence-electron chi connectivity index (χ0n) is 15.1. The molecule has 3 aromatic rings. The van der Waals surface area contributed by atoms with E-state index in [1.807, 2.05) is 11.5 Å². The molecular weight excluding hydrogens is 400 g/mol. The lowest BCUT2D eigenvalue weighted by molar-refractivity contribution is 0.297. The highest BCUT2D eigenvalue weighted by Gasteiger charge is 2.17. The molecule has 8 heteroatoms. The van der Waals surface area contributed by atoms with Gasteiger partial charge in [0, 0.05) is 23.5 Å². The third-order valence-electron chi connectivity index (χ3n) is 3.84. The molecule has 1 aromatic heterocycles. The second-order valence-electron chi connectivity index (χ2n) is 6.15. The number of nitrogens with one attached hydrogen (secondary N) is 1. The van der Waals surface area contributed by atoms with Gasteiger partial charge in [-0.15, -0.1) is 0 Å². The molecule has 1 heterocycles. The van der Waals surface area contributed by atoms with Crippen molar-refractivity contribution in [1.29, 1.82) is 5.41 Å². The molecule has 6 nitrogen and oxygen atoms in total. The molecule has 0 amide bonds. The molecule has 0 saturated heterocycles. The molecule has 0 saturated carbocycles. The van der Waals surface area contributed by atoms with Crippen molar-refractivity contribution < 1.29 is 17.3 Å². The van der Waals surface area contributed by atoms with Gasteiger partial charge in [-0.3, -0.25) is 0 Å². The van der Waals surface area contributed by atoms with E-state index in [2.05, 4.69) is 0 Å². The van der Waals surface area contributed by atoms with Crippen LogP contribution in [0.15, 0.2) is 71.9 Å². The van der Waals surface area contributed by atoms with Crippen LogP contribution in [0.3, 0.4) is 0 Å². The molecule has 0 fully saturated rings. The van der Waals surface area contributed by atoms with Gasteiger partial charge in [-0.25, -0.2) is 0 Å². The van der Waals surface area contributed by atoms with Gasteiger partial charge in [0.15, 0.2) is 0 Å². The fraction of sp³-hybridized carbons (Fsp3) is 0.150. The summed E-state index contributed by atoms with van der Waals surface area (Å²) >= 11 is 5.80. The number of aryl methyl sites for hydroxylation is 1. The largest absolute Gasteiger partial charge is 0.492 e. The molecule has 146 valence electrons. The van der Waals surface area contributed by atoms with Crippen LogP contribution in [0.2, 0.25) is 5.02 Å². The maximum Gasteiger partial charge on any atom is 0.339 e. The molecule has 0 unspecified atom stereocenters. The number of hydrogen-bond acceptors (Lipinski definition) is 5. The Bertz CT molecular complexity index is 1110. The summed E-state index contributed by atoms with van der Waals surface area (Å²) in [7, 11) is -3.97. The van der Waals surface area contributed by atoms with Gasteiger partial charge < -0.3 is 18.9 Å². The van der Waals surface area contributed by atoms with Crippen LogP contribution in [-0.2, 0) is 16.7 Å². The number of halogens is 1. The Hall–Kier alpha value is -2.77. The van der Waals surface area contributed by atoms with Crippen molar-refractivity contribution in [3.63, 3.8) is 0 Å². The Kier molecular flexibility index (Phi) is 6.06. The van der Waals surface area contributed by atoms with E-state index >= 15 is 0 Å². The van der Waals surface area contributed by atoms with Gasteiger partial charge in [0.1, 0.15) is 23.0 Å². The van der Waals surface area contributed by atoms with Crippen molar-refractivity contribution in [3.8, 4) is 11.5 Å². The third-order valence-corrected chi connectivity index (χ3v) is 5.36. The van der Waals surface area contributed by atoms with E-state index in [0.717, 1.165) is 5.56 Å². The Labute approximate surface area is 168 Å². The summed E-state index contributed by atoms with van der Waals surface area (Å²) in [5.74, 6) is 0.690. The highest BCUT2D eigenvalue weighted by atomic mass is 35.5. The molecule has 0 spiro atoms. The minimum absolute atomic E-state index is 0.0233. The maximum absolute atomic E-state index is 12.4. The number of aromatic nitrogens is 1. The van der Waals surface area contributed by atoms with Gasteiger partial charge in [-0.2, -0.15) is 8.42 Å². The Balaban J connectivity index is 1.69. The zero-order valence-corrected chi connectivity index (χ0v) is 16.7. The second-order valence-corrected chi connectivity index (χ2v) is 8.13. The summed E-state index contributed by atoms with van der Waals surface area (Å²) in [5.41, 5.74) is 0.810. The van der Waals surface area contributed by atoms with Gasteiger partial charge in [0.05, 0.1) is 11.9 Å². The van der Waals surface area contributed by atoms with Crippen LogP contribution in [0.5, 0.6) is 11.5 Å². The van der Waals surface area contributed by atoms with E-state index in [-0.39, 0.29) is 10.6 Å². The minimum atomic E-state index is -3.97. The van der Waals surface area contributed by atoms with Crippen molar-refractivity contribution in [3.05, 3.63) is 82.9 Å². The van der Waals surface area contributed by atoms with Crippen LogP contribution >= 0.6 is 11.6 Å². The molecule has 2 aromatic carbocycles. The van der Waals surface area contributed by atoms with E-state index in [9.17, 15) is 8.42 Å². The first-order chi connectivity index (χ1) is 13.3. The summed E-state index contributed by atoms with van der Waals surface area (Å²) in [5, 5.41) is 8.37. The molecule has 0 radical (unpaired) electrons. The molecule has 0 aliphatic carbocycles.